The van der Waals surface area contributed by atoms with Crippen LogP contribution in [0.4, 0.5) is 0 Å². The Kier molecular flexibility index (Phi) is 4.37. The van der Waals surface area contributed by atoms with Crippen LogP contribution in [0.2, 0.25) is 0 Å². The molecule has 0 saturated heterocycles. The molecule has 0 fully saturated rings. The van der Waals surface area contributed by atoms with E-state index in [4.69, 9.17) is 5.73 Å². The Balaban J connectivity index is 2.07. The van der Waals surface area contributed by atoms with E-state index in [-0.39, 0.29) is 11.3 Å². The zero-order chi connectivity index (χ0) is 15.6. The molecule has 0 aliphatic carbocycles. The Morgan fingerprint density at radius 1 is 1.33 bits per heavy atom. The Labute approximate surface area is 126 Å². The maximum Gasteiger partial charge on any atom is 0.239 e. The molecule has 1 aromatic carbocycles. The van der Waals surface area contributed by atoms with Gasteiger partial charge in [0.1, 0.15) is 0 Å². The SMILES string of the molecule is CN(CC(C)(C)C)C(=O)[C@H](N)Cc1c[nH]c2ccccc12. The molecule has 21 heavy (non-hydrogen) atoms. The number of rotatable bonds is 4. The Morgan fingerprint density at radius 2 is 2.00 bits per heavy atom. The number of fused-ring (bicyclic) bond motifs is 1. The first-order valence-corrected chi connectivity index (χ1v) is 7.33. The number of nitrogens with zero attached hydrogens (tertiary/aromatic N) is 1. The van der Waals surface area contributed by atoms with Crippen LogP contribution in [-0.2, 0) is 11.2 Å². The summed E-state index contributed by atoms with van der Waals surface area (Å²) < 4.78 is 0. The molecule has 3 N–H and O–H groups in total. The smallest absolute Gasteiger partial charge is 0.239 e. The number of carbonyl (C=O) groups excluding carboxylic acids is 1. The molecule has 1 heterocycles. The first-order valence-electron chi connectivity index (χ1n) is 7.33. The van der Waals surface area contributed by atoms with Gasteiger partial charge in [0.05, 0.1) is 6.04 Å². The van der Waals surface area contributed by atoms with Crippen LogP contribution in [0.1, 0.15) is 26.3 Å². The van der Waals surface area contributed by atoms with Crippen molar-refractivity contribution < 1.29 is 4.79 Å². The third-order valence-electron chi connectivity index (χ3n) is 3.52. The van der Waals surface area contributed by atoms with Crippen molar-refractivity contribution in [2.45, 2.75) is 33.2 Å². The molecule has 0 bridgehead atoms. The molecule has 0 aliphatic heterocycles. The lowest BCUT2D eigenvalue weighted by Crippen LogP contribution is -2.45. The highest BCUT2D eigenvalue weighted by Gasteiger charge is 2.23. The highest BCUT2D eigenvalue weighted by Crippen LogP contribution is 2.20. The molecule has 1 aromatic heterocycles. The van der Waals surface area contributed by atoms with Gasteiger partial charge in [-0.15, -0.1) is 0 Å². The van der Waals surface area contributed by atoms with Crippen LogP contribution in [0.3, 0.4) is 0 Å². The number of amides is 1. The van der Waals surface area contributed by atoms with Gasteiger partial charge in [0.15, 0.2) is 0 Å². The second-order valence-electron chi connectivity index (χ2n) is 6.93. The fraction of sp³-hybridized carbons (Fsp3) is 0.471. The number of benzene rings is 1. The van der Waals surface area contributed by atoms with E-state index in [1.807, 2.05) is 31.4 Å². The molecule has 1 atom stereocenters. The average molecular weight is 287 g/mol. The highest BCUT2D eigenvalue weighted by atomic mass is 16.2. The van der Waals surface area contributed by atoms with Crippen LogP contribution < -0.4 is 5.73 Å². The van der Waals surface area contributed by atoms with Crippen molar-refractivity contribution in [1.82, 2.24) is 9.88 Å². The minimum Gasteiger partial charge on any atom is -0.361 e. The Morgan fingerprint density at radius 3 is 2.67 bits per heavy atom. The normalized spacial score (nSPS) is 13.4. The van der Waals surface area contributed by atoms with E-state index in [1.165, 1.54) is 0 Å². The van der Waals surface area contributed by atoms with E-state index in [9.17, 15) is 4.79 Å². The van der Waals surface area contributed by atoms with E-state index >= 15 is 0 Å². The monoisotopic (exact) mass is 287 g/mol. The first-order chi connectivity index (χ1) is 9.78. The van der Waals surface area contributed by atoms with Crippen LogP contribution in [0.5, 0.6) is 0 Å². The third-order valence-corrected chi connectivity index (χ3v) is 3.52. The van der Waals surface area contributed by atoms with Crippen LogP contribution >= 0.6 is 0 Å². The van der Waals surface area contributed by atoms with Gasteiger partial charge in [-0.2, -0.15) is 0 Å². The number of nitrogens with two attached hydrogens (primary N) is 1. The summed E-state index contributed by atoms with van der Waals surface area (Å²) in [5, 5.41) is 1.14. The third kappa shape index (κ3) is 3.85. The van der Waals surface area contributed by atoms with E-state index < -0.39 is 6.04 Å². The maximum absolute atomic E-state index is 12.4. The number of para-hydroxylation sites is 1. The largest absolute Gasteiger partial charge is 0.361 e. The molecule has 4 heteroatoms. The fourth-order valence-corrected chi connectivity index (χ4v) is 2.70. The second-order valence-corrected chi connectivity index (χ2v) is 6.93. The predicted octanol–water partition coefficient (Wildman–Crippen LogP) is 2.54. The number of hydrogen-bond donors (Lipinski definition) is 2. The summed E-state index contributed by atoms with van der Waals surface area (Å²) in [6, 6.07) is 7.56. The van der Waals surface area contributed by atoms with Crippen molar-refractivity contribution in [3.63, 3.8) is 0 Å². The van der Waals surface area contributed by atoms with Crippen molar-refractivity contribution >= 4 is 16.8 Å². The highest BCUT2D eigenvalue weighted by molar-refractivity contribution is 5.86. The number of nitrogens with one attached hydrogen (secondary N) is 1. The predicted molar refractivity (Wildman–Crippen MR) is 87.1 cm³/mol. The summed E-state index contributed by atoms with van der Waals surface area (Å²) in [7, 11) is 1.82. The lowest BCUT2D eigenvalue weighted by molar-refractivity contribution is -0.132. The number of aromatic amines is 1. The summed E-state index contributed by atoms with van der Waals surface area (Å²) in [6.45, 7) is 7.04. The van der Waals surface area contributed by atoms with Gasteiger partial charge in [0.25, 0.3) is 0 Å². The average Bonchev–Trinajstić information content (AvgIpc) is 2.79. The lowest BCUT2D eigenvalue weighted by atomic mass is 9.95. The number of carbonyl (C=O) groups is 1. The van der Waals surface area contributed by atoms with Crippen molar-refractivity contribution in [2.24, 2.45) is 11.1 Å². The summed E-state index contributed by atoms with van der Waals surface area (Å²) in [5.74, 6) is -0.00444. The minimum atomic E-state index is -0.503. The molecule has 0 spiro atoms. The topological polar surface area (TPSA) is 62.1 Å². The van der Waals surface area contributed by atoms with E-state index in [1.54, 1.807) is 4.90 Å². The number of likely N-dealkylation sites (N-methyl/N-ethyl adjacent to an activating group) is 1. The summed E-state index contributed by atoms with van der Waals surface area (Å²) in [6.07, 6.45) is 2.50. The van der Waals surface area contributed by atoms with Crippen LogP contribution in [0.25, 0.3) is 10.9 Å². The standard InChI is InChI=1S/C17H25N3O/c1-17(2,3)11-20(4)16(21)14(18)9-12-10-19-15-8-6-5-7-13(12)15/h5-8,10,14,19H,9,11,18H2,1-4H3/t14-/m1/s1. The van der Waals surface area contributed by atoms with Gasteiger partial charge in [-0.3, -0.25) is 4.79 Å². The first kappa shape index (κ1) is 15.6. The van der Waals surface area contributed by atoms with Gasteiger partial charge in [0, 0.05) is 30.7 Å². The molecular weight excluding hydrogens is 262 g/mol. The van der Waals surface area contributed by atoms with Gasteiger partial charge >= 0.3 is 0 Å². The van der Waals surface area contributed by atoms with Crippen LogP contribution in [0, 0.1) is 5.41 Å². The van der Waals surface area contributed by atoms with E-state index in [0.29, 0.717) is 13.0 Å². The van der Waals surface area contributed by atoms with Gasteiger partial charge in [-0.1, -0.05) is 39.0 Å². The maximum atomic E-state index is 12.4. The Hall–Kier alpha value is -1.81. The van der Waals surface area contributed by atoms with Gasteiger partial charge in [-0.25, -0.2) is 0 Å². The second kappa shape index (κ2) is 5.90. The molecule has 2 aromatic rings. The molecular formula is C17H25N3O. The van der Waals surface area contributed by atoms with Crippen LogP contribution in [-0.4, -0.2) is 35.4 Å². The van der Waals surface area contributed by atoms with Gasteiger partial charge in [-0.05, 0) is 23.5 Å². The van der Waals surface area contributed by atoms with Crippen molar-refractivity contribution in [3.8, 4) is 0 Å². The van der Waals surface area contributed by atoms with E-state index in [0.717, 1.165) is 16.5 Å². The number of hydrogen-bond acceptors (Lipinski definition) is 2. The van der Waals surface area contributed by atoms with Gasteiger partial charge < -0.3 is 15.6 Å². The quantitative estimate of drug-likeness (QED) is 0.907. The molecule has 1 amide bonds. The molecule has 0 unspecified atom stereocenters. The molecule has 4 nitrogen and oxygen atoms in total. The molecule has 0 radical (unpaired) electrons. The minimum absolute atomic E-state index is 0.00444. The van der Waals surface area contributed by atoms with Crippen molar-refractivity contribution in [1.29, 1.82) is 0 Å². The number of H-pyrrole nitrogens is 1. The molecule has 114 valence electrons. The fourth-order valence-electron chi connectivity index (χ4n) is 2.70. The summed E-state index contributed by atoms with van der Waals surface area (Å²) >= 11 is 0. The van der Waals surface area contributed by atoms with Crippen molar-refractivity contribution in [3.05, 3.63) is 36.0 Å². The molecule has 0 saturated carbocycles. The molecule has 0 aliphatic rings. The number of aromatic nitrogens is 1. The summed E-state index contributed by atoms with van der Waals surface area (Å²) in [5.41, 5.74) is 8.36. The summed E-state index contributed by atoms with van der Waals surface area (Å²) in [4.78, 5) is 17.3. The zero-order valence-corrected chi connectivity index (χ0v) is 13.3. The Bertz CT molecular complexity index is 624. The van der Waals surface area contributed by atoms with Crippen molar-refractivity contribution in [2.75, 3.05) is 13.6 Å². The zero-order valence-electron chi connectivity index (χ0n) is 13.3. The lowest BCUT2D eigenvalue weighted by Gasteiger charge is -2.28. The van der Waals surface area contributed by atoms with E-state index in [2.05, 4.69) is 31.8 Å². The molecule has 2 rings (SSSR count). The van der Waals surface area contributed by atoms with Crippen LogP contribution in [0.15, 0.2) is 30.5 Å². The van der Waals surface area contributed by atoms with Gasteiger partial charge in [0.2, 0.25) is 5.91 Å².